The summed E-state index contributed by atoms with van der Waals surface area (Å²) < 4.78 is 6.17. The largest absolute Gasteiger partial charge is 0.393 e. The summed E-state index contributed by atoms with van der Waals surface area (Å²) in [5.41, 5.74) is 2.34. The van der Waals surface area contributed by atoms with Crippen LogP contribution in [0.1, 0.15) is 36.5 Å². The van der Waals surface area contributed by atoms with Gasteiger partial charge in [-0.2, -0.15) is 0 Å². The zero-order chi connectivity index (χ0) is 15.2. The van der Waals surface area contributed by atoms with Crippen LogP contribution >= 0.6 is 0 Å². The molecule has 0 bridgehead atoms. The molecule has 1 heterocycles. The third-order valence-corrected chi connectivity index (χ3v) is 4.06. The monoisotopic (exact) mass is 294 g/mol. The third-order valence-electron chi connectivity index (χ3n) is 4.06. The van der Waals surface area contributed by atoms with E-state index in [0.717, 1.165) is 12.0 Å². The van der Waals surface area contributed by atoms with Crippen molar-refractivity contribution in [3.8, 4) is 0 Å². The molecule has 2 aromatic rings. The maximum absolute atomic E-state index is 10.1. The zero-order valence-electron chi connectivity index (χ0n) is 12.6. The normalized spacial score (nSPS) is 25.4. The minimum Gasteiger partial charge on any atom is -0.393 e. The van der Waals surface area contributed by atoms with E-state index in [1.54, 1.807) is 0 Å². The summed E-state index contributed by atoms with van der Waals surface area (Å²) >= 11 is 0. The maximum atomic E-state index is 10.1. The highest BCUT2D eigenvalue weighted by atomic mass is 16.5. The van der Waals surface area contributed by atoms with Crippen molar-refractivity contribution >= 4 is 6.08 Å². The van der Waals surface area contributed by atoms with Crippen LogP contribution < -0.4 is 0 Å². The maximum Gasteiger partial charge on any atom is 0.0853 e. The molecule has 1 fully saturated rings. The van der Waals surface area contributed by atoms with E-state index in [1.807, 2.05) is 36.4 Å². The minimum absolute atomic E-state index is 0.0000697. The molecule has 2 heteroatoms. The van der Waals surface area contributed by atoms with E-state index in [-0.39, 0.29) is 18.3 Å². The number of aliphatic hydroxyl groups is 1. The van der Waals surface area contributed by atoms with Crippen molar-refractivity contribution in [3.63, 3.8) is 0 Å². The standard InChI is InChI=1S/C20H22O2/c21-18-14-19(13-7-10-16-8-3-1-4-9-16)22-20(15-18)17-11-5-2-6-12-17/h1-12,18-21H,13-15H2/b10-7+/t18-,19-,20-/m0/s1. The Morgan fingerprint density at radius 3 is 2.36 bits per heavy atom. The van der Waals surface area contributed by atoms with Crippen LogP contribution in [-0.2, 0) is 4.74 Å². The molecule has 2 nitrogen and oxygen atoms in total. The van der Waals surface area contributed by atoms with E-state index in [1.165, 1.54) is 5.56 Å². The first-order valence-electron chi connectivity index (χ1n) is 7.91. The van der Waals surface area contributed by atoms with Crippen LogP contribution in [0.25, 0.3) is 6.08 Å². The van der Waals surface area contributed by atoms with Crippen molar-refractivity contribution in [3.05, 3.63) is 77.9 Å². The molecule has 3 rings (SSSR count). The first-order valence-corrected chi connectivity index (χ1v) is 7.91. The molecule has 22 heavy (non-hydrogen) atoms. The topological polar surface area (TPSA) is 29.5 Å². The summed E-state index contributed by atoms with van der Waals surface area (Å²) in [5, 5.41) is 10.1. The van der Waals surface area contributed by atoms with Gasteiger partial charge in [-0.25, -0.2) is 0 Å². The highest BCUT2D eigenvalue weighted by molar-refractivity contribution is 5.48. The van der Waals surface area contributed by atoms with E-state index in [2.05, 4.69) is 36.4 Å². The second-order valence-electron chi connectivity index (χ2n) is 5.83. The van der Waals surface area contributed by atoms with Gasteiger partial charge in [0.15, 0.2) is 0 Å². The van der Waals surface area contributed by atoms with Crippen LogP contribution in [0.3, 0.4) is 0 Å². The quantitative estimate of drug-likeness (QED) is 0.907. The van der Waals surface area contributed by atoms with E-state index in [0.29, 0.717) is 12.8 Å². The number of hydrogen-bond donors (Lipinski definition) is 1. The van der Waals surface area contributed by atoms with Crippen molar-refractivity contribution in [2.45, 2.75) is 37.6 Å². The Bertz CT molecular complexity index is 592. The number of aliphatic hydroxyl groups excluding tert-OH is 1. The molecule has 1 aliphatic rings. The summed E-state index contributed by atoms with van der Waals surface area (Å²) in [5.74, 6) is 0. The Morgan fingerprint density at radius 2 is 1.64 bits per heavy atom. The summed E-state index contributed by atoms with van der Waals surface area (Å²) in [6.07, 6.45) is 6.27. The molecule has 0 spiro atoms. The summed E-state index contributed by atoms with van der Waals surface area (Å²) in [6, 6.07) is 20.4. The SMILES string of the molecule is O[C@H]1C[C@H](C/C=C/c2ccccc2)O[C@H](c2ccccc2)C1. The second kappa shape index (κ2) is 7.39. The number of hydrogen-bond acceptors (Lipinski definition) is 2. The van der Waals surface area contributed by atoms with Crippen molar-refractivity contribution in [1.29, 1.82) is 0 Å². The number of ether oxygens (including phenoxy) is 1. The highest BCUT2D eigenvalue weighted by Gasteiger charge is 2.28. The zero-order valence-corrected chi connectivity index (χ0v) is 12.6. The van der Waals surface area contributed by atoms with E-state index in [9.17, 15) is 5.11 Å². The fourth-order valence-corrected chi connectivity index (χ4v) is 2.94. The van der Waals surface area contributed by atoms with Crippen LogP contribution in [0.5, 0.6) is 0 Å². The molecule has 0 aromatic heterocycles. The lowest BCUT2D eigenvalue weighted by Gasteiger charge is -2.33. The highest BCUT2D eigenvalue weighted by Crippen LogP contribution is 2.32. The van der Waals surface area contributed by atoms with Crippen molar-refractivity contribution in [2.75, 3.05) is 0 Å². The van der Waals surface area contributed by atoms with Gasteiger partial charge in [0.05, 0.1) is 18.3 Å². The first-order chi connectivity index (χ1) is 10.8. The summed E-state index contributed by atoms with van der Waals surface area (Å²) in [7, 11) is 0. The van der Waals surface area contributed by atoms with Gasteiger partial charge >= 0.3 is 0 Å². The fraction of sp³-hybridized carbons (Fsp3) is 0.300. The molecule has 1 saturated heterocycles. The fourth-order valence-electron chi connectivity index (χ4n) is 2.94. The van der Waals surface area contributed by atoms with Crippen LogP contribution in [-0.4, -0.2) is 17.3 Å². The Hall–Kier alpha value is -1.90. The van der Waals surface area contributed by atoms with Crippen LogP contribution in [0.2, 0.25) is 0 Å². The van der Waals surface area contributed by atoms with E-state index in [4.69, 9.17) is 4.74 Å². The molecule has 1 aliphatic heterocycles. The van der Waals surface area contributed by atoms with Gasteiger partial charge in [0, 0.05) is 6.42 Å². The number of benzene rings is 2. The van der Waals surface area contributed by atoms with Gasteiger partial charge in [-0.1, -0.05) is 72.8 Å². The van der Waals surface area contributed by atoms with Crippen LogP contribution in [0.4, 0.5) is 0 Å². The van der Waals surface area contributed by atoms with Gasteiger partial charge < -0.3 is 9.84 Å². The second-order valence-corrected chi connectivity index (χ2v) is 5.83. The predicted molar refractivity (Wildman–Crippen MR) is 89.4 cm³/mol. The van der Waals surface area contributed by atoms with E-state index < -0.39 is 0 Å². The Labute approximate surface area is 132 Å². The molecule has 0 unspecified atom stereocenters. The molecule has 114 valence electrons. The minimum atomic E-state index is -0.283. The molecule has 3 atom stereocenters. The van der Waals surface area contributed by atoms with Gasteiger partial charge in [0.25, 0.3) is 0 Å². The average molecular weight is 294 g/mol. The Balaban J connectivity index is 1.60. The van der Waals surface area contributed by atoms with Gasteiger partial charge in [-0.15, -0.1) is 0 Å². The lowest BCUT2D eigenvalue weighted by Crippen LogP contribution is -2.31. The average Bonchev–Trinajstić information content (AvgIpc) is 2.56. The molecule has 0 saturated carbocycles. The Kier molecular flexibility index (Phi) is 5.04. The van der Waals surface area contributed by atoms with E-state index >= 15 is 0 Å². The van der Waals surface area contributed by atoms with Crippen molar-refractivity contribution < 1.29 is 9.84 Å². The van der Waals surface area contributed by atoms with Crippen LogP contribution in [0.15, 0.2) is 66.7 Å². The molecule has 0 amide bonds. The van der Waals surface area contributed by atoms with Gasteiger partial charge in [-0.3, -0.25) is 0 Å². The number of rotatable bonds is 4. The van der Waals surface area contributed by atoms with Crippen LogP contribution in [0, 0.1) is 0 Å². The molecule has 2 aromatic carbocycles. The third kappa shape index (κ3) is 4.06. The molecule has 0 radical (unpaired) electrons. The summed E-state index contributed by atoms with van der Waals surface area (Å²) in [6.45, 7) is 0. The van der Waals surface area contributed by atoms with Crippen molar-refractivity contribution in [2.24, 2.45) is 0 Å². The lowest BCUT2D eigenvalue weighted by molar-refractivity contribution is -0.0957. The summed E-state index contributed by atoms with van der Waals surface area (Å²) in [4.78, 5) is 0. The smallest absolute Gasteiger partial charge is 0.0853 e. The van der Waals surface area contributed by atoms with Gasteiger partial charge in [0.2, 0.25) is 0 Å². The predicted octanol–water partition coefficient (Wildman–Crippen LogP) is 4.37. The van der Waals surface area contributed by atoms with Crippen molar-refractivity contribution in [1.82, 2.24) is 0 Å². The van der Waals surface area contributed by atoms with Gasteiger partial charge in [-0.05, 0) is 24.0 Å². The lowest BCUT2D eigenvalue weighted by atomic mass is 9.95. The molecular formula is C20H22O2. The molecule has 0 aliphatic carbocycles. The first kappa shape index (κ1) is 15.0. The van der Waals surface area contributed by atoms with Gasteiger partial charge in [0.1, 0.15) is 0 Å². The molecular weight excluding hydrogens is 272 g/mol. The molecule has 1 N–H and O–H groups in total. The Morgan fingerprint density at radius 1 is 0.955 bits per heavy atom.